The standard InChI is InChI=1S/C18H19BrClN3O/c19-16-4-1-3-14(11-16)13-22-7-2-8-23(10-9-22)18(24)15-5-6-17(20)21-12-15/h1,3-6,11-12H,2,7-10,13H2. The fraction of sp³-hybridized carbons (Fsp3) is 0.333. The highest BCUT2D eigenvalue weighted by Crippen LogP contribution is 2.16. The van der Waals surface area contributed by atoms with Crippen LogP contribution in [0, 0.1) is 0 Å². The third kappa shape index (κ3) is 4.56. The van der Waals surface area contributed by atoms with Crippen molar-refractivity contribution < 1.29 is 4.79 Å². The smallest absolute Gasteiger partial charge is 0.255 e. The Bertz CT molecular complexity index is 708. The number of carbonyl (C=O) groups is 1. The van der Waals surface area contributed by atoms with Gasteiger partial charge in [-0.05, 0) is 36.2 Å². The van der Waals surface area contributed by atoms with Crippen molar-refractivity contribution in [1.29, 1.82) is 0 Å². The van der Waals surface area contributed by atoms with Crippen LogP contribution in [-0.4, -0.2) is 46.9 Å². The monoisotopic (exact) mass is 407 g/mol. The largest absolute Gasteiger partial charge is 0.337 e. The minimum atomic E-state index is 0.0310. The van der Waals surface area contributed by atoms with Crippen LogP contribution < -0.4 is 0 Å². The number of halogens is 2. The number of nitrogens with zero attached hydrogens (tertiary/aromatic N) is 3. The van der Waals surface area contributed by atoms with Crippen LogP contribution >= 0.6 is 27.5 Å². The molecule has 1 aliphatic rings. The van der Waals surface area contributed by atoms with E-state index >= 15 is 0 Å². The van der Waals surface area contributed by atoms with Crippen LogP contribution in [0.2, 0.25) is 5.15 Å². The van der Waals surface area contributed by atoms with Crippen LogP contribution in [0.4, 0.5) is 0 Å². The van der Waals surface area contributed by atoms with E-state index in [1.165, 1.54) is 5.56 Å². The lowest BCUT2D eigenvalue weighted by atomic mass is 10.2. The van der Waals surface area contributed by atoms with E-state index in [1.807, 2.05) is 11.0 Å². The van der Waals surface area contributed by atoms with Crippen LogP contribution in [-0.2, 0) is 6.54 Å². The van der Waals surface area contributed by atoms with Gasteiger partial charge in [-0.3, -0.25) is 9.69 Å². The van der Waals surface area contributed by atoms with E-state index in [1.54, 1.807) is 18.3 Å². The van der Waals surface area contributed by atoms with Gasteiger partial charge in [-0.15, -0.1) is 0 Å². The van der Waals surface area contributed by atoms with E-state index in [0.717, 1.165) is 43.6 Å². The molecule has 0 N–H and O–H groups in total. The van der Waals surface area contributed by atoms with Gasteiger partial charge in [0.2, 0.25) is 0 Å². The lowest BCUT2D eigenvalue weighted by Crippen LogP contribution is -2.35. The molecule has 0 unspecified atom stereocenters. The summed E-state index contributed by atoms with van der Waals surface area (Å²) in [6, 6.07) is 11.8. The molecule has 1 aromatic carbocycles. The zero-order valence-corrected chi connectivity index (χ0v) is 15.6. The fourth-order valence-corrected chi connectivity index (χ4v) is 3.47. The molecule has 0 aliphatic carbocycles. The lowest BCUT2D eigenvalue weighted by Gasteiger charge is -2.22. The van der Waals surface area contributed by atoms with Crippen molar-refractivity contribution in [2.24, 2.45) is 0 Å². The minimum absolute atomic E-state index is 0.0310. The average Bonchev–Trinajstić information content (AvgIpc) is 2.81. The van der Waals surface area contributed by atoms with Crippen molar-refractivity contribution in [3.05, 3.63) is 63.3 Å². The molecule has 1 aliphatic heterocycles. The van der Waals surface area contributed by atoms with Gasteiger partial charge in [0.15, 0.2) is 0 Å². The normalized spacial score (nSPS) is 16.0. The Hall–Kier alpha value is -1.43. The van der Waals surface area contributed by atoms with Gasteiger partial charge in [0.25, 0.3) is 5.91 Å². The van der Waals surface area contributed by atoms with E-state index in [4.69, 9.17) is 11.6 Å². The van der Waals surface area contributed by atoms with Gasteiger partial charge < -0.3 is 4.90 Å². The summed E-state index contributed by atoms with van der Waals surface area (Å²) in [7, 11) is 0. The molecule has 0 atom stereocenters. The third-order valence-corrected chi connectivity index (χ3v) is 4.86. The second-order valence-electron chi connectivity index (χ2n) is 5.92. The van der Waals surface area contributed by atoms with Crippen molar-refractivity contribution in [3.63, 3.8) is 0 Å². The molecule has 1 saturated heterocycles. The predicted octanol–water partition coefficient (Wildman–Crippen LogP) is 3.85. The summed E-state index contributed by atoms with van der Waals surface area (Å²) in [5.41, 5.74) is 1.88. The van der Waals surface area contributed by atoms with Crippen molar-refractivity contribution >= 4 is 33.4 Å². The third-order valence-electron chi connectivity index (χ3n) is 4.15. The van der Waals surface area contributed by atoms with E-state index in [0.29, 0.717) is 10.7 Å². The summed E-state index contributed by atoms with van der Waals surface area (Å²) in [6.07, 6.45) is 2.52. The molecule has 4 nitrogen and oxygen atoms in total. The van der Waals surface area contributed by atoms with Crippen molar-refractivity contribution in [2.45, 2.75) is 13.0 Å². The first-order valence-electron chi connectivity index (χ1n) is 7.99. The first kappa shape index (κ1) is 17.4. The number of hydrogen-bond acceptors (Lipinski definition) is 3. The zero-order chi connectivity index (χ0) is 16.9. The molecular weight excluding hydrogens is 390 g/mol. The van der Waals surface area contributed by atoms with Gasteiger partial charge in [-0.1, -0.05) is 39.7 Å². The predicted molar refractivity (Wildman–Crippen MR) is 99.2 cm³/mol. The molecule has 2 heterocycles. The van der Waals surface area contributed by atoms with Gasteiger partial charge in [0.1, 0.15) is 5.15 Å². The first-order chi connectivity index (χ1) is 11.6. The van der Waals surface area contributed by atoms with Crippen LogP contribution in [0.1, 0.15) is 22.3 Å². The van der Waals surface area contributed by atoms with Crippen LogP contribution in [0.3, 0.4) is 0 Å². The van der Waals surface area contributed by atoms with Crippen LogP contribution in [0.25, 0.3) is 0 Å². The van der Waals surface area contributed by atoms with Gasteiger partial charge in [-0.25, -0.2) is 4.98 Å². The maximum Gasteiger partial charge on any atom is 0.255 e. The molecule has 126 valence electrons. The number of hydrogen-bond donors (Lipinski definition) is 0. The number of pyridine rings is 1. The quantitative estimate of drug-likeness (QED) is 0.724. The first-order valence-corrected chi connectivity index (χ1v) is 9.16. The summed E-state index contributed by atoms with van der Waals surface area (Å²) < 4.78 is 1.10. The Kier molecular flexibility index (Phi) is 5.87. The van der Waals surface area contributed by atoms with Crippen molar-refractivity contribution in [2.75, 3.05) is 26.2 Å². The highest BCUT2D eigenvalue weighted by atomic mass is 79.9. The summed E-state index contributed by atoms with van der Waals surface area (Å²) in [4.78, 5) is 20.9. The average molecular weight is 409 g/mol. The summed E-state index contributed by atoms with van der Waals surface area (Å²) in [5.74, 6) is 0.0310. The summed E-state index contributed by atoms with van der Waals surface area (Å²) in [6.45, 7) is 4.28. The Morgan fingerprint density at radius 1 is 1.17 bits per heavy atom. The number of aromatic nitrogens is 1. The maximum atomic E-state index is 12.6. The molecule has 1 fully saturated rings. The zero-order valence-electron chi connectivity index (χ0n) is 13.3. The lowest BCUT2D eigenvalue weighted by molar-refractivity contribution is 0.0760. The molecule has 0 bridgehead atoms. The van der Waals surface area contributed by atoms with Gasteiger partial charge in [0, 0.05) is 43.4 Å². The molecule has 1 aromatic heterocycles. The van der Waals surface area contributed by atoms with E-state index in [9.17, 15) is 4.79 Å². The maximum absolute atomic E-state index is 12.6. The van der Waals surface area contributed by atoms with Crippen LogP contribution in [0.5, 0.6) is 0 Å². The molecular formula is C18H19BrClN3O. The summed E-state index contributed by atoms with van der Waals surface area (Å²) in [5, 5.41) is 0.405. The number of rotatable bonds is 3. The van der Waals surface area contributed by atoms with Gasteiger partial charge >= 0.3 is 0 Å². The molecule has 0 saturated carbocycles. The molecule has 0 spiro atoms. The SMILES string of the molecule is O=C(c1ccc(Cl)nc1)N1CCCN(Cc2cccc(Br)c2)CC1. The van der Waals surface area contributed by atoms with Crippen molar-refractivity contribution in [1.82, 2.24) is 14.8 Å². The van der Waals surface area contributed by atoms with Gasteiger partial charge in [-0.2, -0.15) is 0 Å². The molecule has 24 heavy (non-hydrogen) atoms. The second-order valence-corrected chi connectivity index (χ2v) is 7.22. The topological polar surface area (TPSA) is 36.4 Å². The molecule has 2 aromatic rings. The van der Waals surface area contributed by atoms with E-state index in [-0.39, 0.29) is 5.91 Å². The number of carbonyl (C=O) groups excluding carboxylic acids is 1. The Morgan fingerprint density at radius 3 is 2.79 bits per heavy atom. The molecule has 6 heteroatoms. The molecule has 0 radical (unpaired) electrons. The summed E-state index contributed by atoms with van der Waals surface area (Å²) >= 11 is 9.30. The molecule has 3 rings (SSSR count). The number of benzene rings is 1. The van der Waals surface area contributed by atoms with E-state index < -0.39 is 0 Å². The van der Waals surface area contributed by atoms with Crippen molar-refractivity contribution in [3.8, 4) is 0 Å². The highest BCUT2D eigenvalue weighted by Gasteiger charge is 2.20. The molecule has 1 amide bonds. The highest BCUT2D eigenvalue weighted by molar-refractivity contribution is 9.10. The number of amides is 1. The minimum Gasteiger partial charge on any atom is -0.337 e. The Morgan fingerprint density at radius 2 is 2.04 bits per heavy atom. The Labute approximate surface area is 155 Å². The second kappa shape index (κ2) is 8.10. The van der Waals surface area contributed by atoms with Gasteiger partial charge in [0.05, 0.1) is 5.56 Å². The van der Waals surface area contributed by atoms with E-state index in [2.05, 4.69) is 44.0 Å². The van der Waals surface area contributed by atoms with Crippen LogP contribution in [0.15, 0.2) is 47.1 Å². The fourth-order valence-electron chi connectivity index (χ4n) is 2.91. The Balaban J connectivity index is 1.60.